The van der Waals surface area contributed by atoms with Gasteiger partial charge in [0.05, 0.1) is 34.7 Å². The highest BCUT2D eigenvalue weighted by Crippen LogP contribution is 2.36. The van der Waals surface area contributed by atoms with E-state index in [4.69, 9.17) is 22.1 Å². The van der Waals surface area contributed by atoms with Gasteiger partial charge in [-0.25, -0.2) is 8.42 Å². The van der Waals surface area contributed by atoms with Gasteiger partial charge >= 0.3 is 0 Å². The smallest absolute Gasteiger partial charge is 0.231 e. The zero-order chi connectivity index (χ0) is 26.0. The van der Waals surface area contributed by atoms with Crippen molar-refractivity contribution in [2.75, 3.05) is 41.5 Å². The number of aliphatic hydroxyl groups excluding tert-OH is 1. The summed E-state index contributed by atoms with van der Waals surface area (Å²) in [4.78, 5) is 10.9. The predicted octanol–water partition coefficient (Wildman–Crippen LogP) is 3.96. The topological polar surface area (TPSA) is 143 Å². The summed E-state index contributed by atoms with van der Waals surface area (Å²) in [6.45, 7) is 4.56. The number of anilines is 6. The lowest BCUT2D eigenvalue weighted by Crippen LogP contribution is -2.21. The Bertz CT molecular complexity index is 1370. The average Bonchev–Trinajstić information content (AvgIpc) is 3.28. The molecule has 2 heterocycles. The van der Waals surface area contributed by atoms with E-state index < -0.39 is 15.1 Å². The molecule has 10 nitrogen and oxygen atoms in total. The number of nitrogens with zero attached hydrogens (tertiary/aromatic N) is 3. The monoisotopic (exact) mass is 532 g/mol. The number of nitrogen functional groups attached to an aromatic ring is 1. The lowest BCUT2D eigenvalue weighted by Gasteiger charge is -2.20. The maximum Gasteiger partial charge on any atom is 0.231 e. The quantitative estimate of drug-likeness (QED) is 0.336. The summed E-state index contributed by atoms with van der Waals surface area (Å²) in [5, 5.41) is 15.4. The lowest BCUT2D eigenvalue weighted by molar-refractivity contribution is 0.198. The molecule has 1 atom stereocenters. The number of sulfone groups is 1. The fourth-order valence-corrected chi connectivity index (χ4v) is 5.21. The summed E-state index contributed by atoms with van der Waals surface area (Å²) in [6.07, 6.45) is 0.378. The molecule has 4 rings (SSSR count). The number of ether oxygens (including phenoxy) is 1. The standard InChI is InChI=1S/C24H29ClN6O4S/c1-14(2)36(33,34)20-7-5-4-6-18(20)27-23-21(25)22(26)29-24(30-23)28-17-9-8-15(12-19(17)35-3)31-11-10-16(32)13-31/h4-9,12,14,16,32H,10-11,13H2,1-3H3,(H4,26,27,28,29,30). The van der Waals surface area contributed by atoms with Crippen LogP contribution in [-0.2, 0) is 9.84 Å². The third kappa shape index (κ3) is 5.28. The third-order valence-electron chi connectivity index (χ3n) is 5.90. The maximum absolute atomic E-state index is 12.8. The molecular weight excluding hydrogens is 504 g/mol. The number of nitrogens with one attached hydrogen (secondary N) is 2. The Labute approximate surface area is 215 Å². The van der Waals surface area contributed by atoms with Gasteiger partial charge in [0.25, 0.3) is 0 Å². The molecule has 3 aromatic rings. The number of β-amino-alcohol motifs (C(OH)–C–C–N with tert-alkyl or cyclic N) is 1. The number of nitrogens with two attached hydrogens (primary N) is 1. The van der Waals surface area contributed by atoms with E-state index in [-0.39, 0.29) is 33.6 Å². The molecule has 0 amide bonds. The van der Waals surface area contributed by atoms with E-state index in [2.05, 4.69) is 25.5 Å². The molecule has 2 aromatic carbocycles. The normalized spacial score (nSPS) is 15.8. The number of aliphatic hydroxyl groups is 1. The Morgan fingerprint density at radius 2 is 1.92 bits per heavy atom. The second kappa shape index (κ2) is 10.4. The molecule has 0 bridgehead atoms. The number of rotatable bonds is 8. The van der Waals surface area contributed by atoms with E-state index in [0.29, 0.717) is 23.7 Å². The molecule has 0 aliphatic carbocycles. The molecule has 1 aliphatic heterocycles. The van der Waals surface area contributed by atoms with Gasteiger partial charge in [0.2, 0.25) is 5.95 Å². The Kier molecular flexibility index (Phi) is 7.43. The van der Waals surface area contributed by atoms with Gasteiger partial charge in [-0.15, -0.1) is 0 Å². The van der Waals surface area contributed by atoms with E-state index in [9.17, 15) is 13.5 Å². The summed E-state index contributed by atoms with van der Waals surface area (Å²) in [5.74, 6) is 0.863. The zero-order valence-corrected chi connectivity index (χ0v) is 21.8. The van der Waals surface area contributed by atoms with Crippen LogP contribution in [0.3, 0.4) is 0 Å². The molecule has 0 spiro atoms. The van der Waals surface area contributed by atoms with Crippen molar-refractivity contribution in [2.45, 2.75) is 36.5 Å². The third-order valence-corrected chi connectivity index (χ3v) is 8.49. The summed E-state index contributed by atoms with van der Waals surface area (Å²) < 4.78 is 31.2. The molecule has 1 unspecified atom stereocenters. The number of aromatic nitrogens is 2. The number of hydrogen-bond acceptors (Lipinski definition) is 10. The summed E-state index contributed by atoms with van der Waals surface area (Å²) >= 11 is 6.37. The minimum atomic E-state index is -3.57. The molecular formula is C24H29ClN6O4S. The van der Waals surface area contributed by atoms with Crippen LogP contribution in [0.25, 0.3) is 0 Å². The highest BCUT2D eigenvalue weighted by molar-refractivity contribution is 7.92. The maximum atomic E-state index is 12.8. The van der Waals surface area contributed by atoms with E-state index in [1.54, 1.807) is 39.2 Å². The van der Waals surface area contributed by atoms with Crippen LogP contribution in [0.2, 0.25) is 5.02 Å². The van der Waals surface area contributed by atoms with Crippen LogP contribution in [0, 0.1) is 0 Å². The van der Waals surface area contributed by atoms with Crippen molar-refractivity contribution < 1.29 is 18.3 Å². The number of hydrogen-bond donors (Lipinski definition) is 4. The van der Waals surface area contributed by atoms with Crippen molar-refractivity contribution in [3.05, 3.63) is 47.5 Å². The van der Waals surface area contributed by atoms with Crippen LogP contribution < -0.4 is 26.0 Å². The fraction of sp³-hybridized carbons (Fsp3) is 0.333. The molecule has 1 aromatic heterocycles. The molecule has 1 fully saturated rings. The van der Waals surface area contributed by atoms with E-state index in [0.717, 1.165) is 18.7 Å². The first-order valence-corrected chi connectivity index (χ1v) is 13.3. The van der Waals surface area contributed by atoms with Crippen molar-refractivity contribution in [1.29, 1.82) is 0 Å². The second-order valence-electron chi connectivity index (χ2n) is 8.71. The van der Waals surface area contributed by atoms with Crippen molar-refractivity contribution >= 4 is 56.1 Å². The van der Waals surface area contributed by atoms with Gasteiger partial charge < -0.3 is 31.1 Å². The number of halogens is 1. The lowest BCUT2D eigenvalue weighted by atomic mass is 10.2. The highest BCUT2D eigenvalue weighted by Gasteiger charge is 2.24. The molecule has 0 radical (unpaired) electrons. The van der Waals surface area contributed by atoms with Gasteiger partial charge in [0, 0.05) is 24.8 Å². The molecule has 1 saturated heterocycles. The fourth-order valence-electron chi connectivity index (χ4n) is 3.88. The van der Waals surface area contributed by atoms with Gasteiger partial charge in [0.15, 0.2) is 15.7 Å². The van der Waals surface area contributed by atoms with Crippen molar-refractivity contribution in [3.63, 3.8) is 0 Å². The summed E-state index contributed by atoms with van der Waals surface area (Å²) in [7, 11) is -2.01. The Morgan fingerprint density at radius 3 is 2.58 bits per heavy atom. The van der Waals surface area contributed by atoms with Gasteiger partial charge in [-0.2, -0.15) is 9.97 Å². The Morgan fingerprint density at radius 1 is 1.17 bits per heavy atom. The molecule has 0 saturated carbocycles. The molecule has 5 N–H and O–H groups in total. The number of benzene rings is 2. The first-order valence-electron chi connectivity index (χ1n) is 11.4. The first kappa shape index (κ1) is 25.8. The van der Waals surface area contributed by atoms with E-state index >= 15 is 0 Å². The average molecular weight is 533 g/mol. The highest BCUT2D eigenvalue weighted by atomic mass is 35.5. The second-order valence-corrected chi connectivity index (χ2v) is 11.6. The van der Waals surface area contributed by atoms with Gasteiger partial charge in [0.1, 0.15) is 16.6 Å². The Hall–Kier alpha value is -3.28. The van der Waals surface area contributed by atoms with Crippen LogP contribution >= 0.6 is 11.6 Å². The van der Waals surface area contributed by atoms with Crippen molar-refractivity contribution in [1.82, 2.24) is 9.97 Å². The van der Waals surface area contributed by atoms with Gasteiger partial charge in [-0.05, 0) is 44.5 Å². The van der Waals surface area contributed by atoms with E-state index in [1.165, 1.54) is 6.07 Å². The van der Waals surface area contributed by atoms with Crippen LogP contribution in [-0.4, -0.2) is 55.0 Å². The van der Waals surface area contributed by atoms with Gasteiger partial charge in [-0.3, -0.25) is 0 Å². The van der Waals surface area contributed by atoms with Crippen LogP contribution in [0.15, 0.2) is 47.4 Å². The molecule has 192 valence electrons. The van der Waals surface area contributed by atoms with E-state index in [1.807, 2.05) is 18.2 Å². The van der Waals surface area contributed by atoms with Crippen LogP contribution in [0.1, 0.15) is 20.3 Å². The summed E-state index contributed by atoms with van der Waals surface area (Å²) in [5.41, 5.74) is 7.89. The van der Waals surface area contributed by atoms with Crippen molar-refractivity contribution in [3.8, 4) is 5.75 Å². The van der Waals surface area contributed by atoms with Gasteiger partial charge in [-0.1, -0.05) is 23.7 Å². The zero-order valence-electron chi connectivity index (χ0n) is 20.2. The largest absolute Gasteiger partial charge is 0.494 e. The molecule has 12 heteroatoms. The minimum Gasteiger partial charge on any atom is -0.494 e. The summed E-state index contributed by atoms with van der Waals surface area (Å²) in [6, 6.07) is 12.1. The number of para-hydroxylation sites is 1. The SMILES string of the molecule is COc1cc(N2CCC(O)C2)ccc1Nc1nc(N)c(Cl)c(Nc2ccccc2S(=O)(=O)C(C)C)n1. The van der Waals surface area contributed by atoms with Crippen molar-refractivity contribution in [2.24, 2.45) is 0 Å². The first-order chi connectivity index (χ1) is 17.1. The molecule has 1 aliphatic rings. The minimum absolute atomic E-state index is 0.0162. The van der Waals surface area contributed by atoms with Crippen LogP contribution in [0.4, 0.5) is 34.6 Å². The Balaban J connectivity index is 1.64. The predicted molar refractivity (Wildman–Crippen MR) is 143 cm³/mol. The van der Waals surface area contributed by atoms with Crippen LogP contribution in [0.5, 0.6) is 5.75 Å². The molecule has 36 heavy (non-hydrogen) atoms. The number of methoxy groups -OCH3 is 1.